The minimum Gasteiger partial charge on any atom is -0.495 e. The van der Waals surface area contributed by atoms with Crippen LogP contribution in [0.15, 0.2) is 18.2 Å². The van der Waals surface area contributed by atoms with Crippen molar-refractivity contribution in [2.45, 2.75) is 26.3 Å². The van der Waals surface area contributed by atoms with Crippen LogP contribution in [0.5, 0.6) is 5.75 Å². The predicted octanol–water partition coefficient (Wildman–Crippen LogP) is 2.58. The molecule has 2 N–H and O–H groups in total. The maximum Gasteiger partial charge on any atom is 0.326 e. The van der Waals surface area contributed by atoms with Crippen molar-refractivity contribution in [3.63, 3.8) is 0 Å². The summed E-state index contributed by atoms with van der Waals surface area (Å²) in [5, 5.41) is 12.1. The average Bonchev–Trinajstić information content (AvgIpc) is 2.43. The van der Waals surface area contributed by atoms with Crippen molar-refractivity contribution in [3.8, 4) is 5.75 Å². The Hall–Kier alpha value is -1.75. The molecule has 0 saturated carbocycles. The van der Waals surface area contributed by atoms with Gasteiger partial charge in [0, 0.05) is 5.56 Å². The molecule has 0 spiro atoms. The zero-order valence-corrected chi connectivity index (χ0v) is 12.4. The molecule has 0 aliphatic carbocycles. The third kappa shape index (κ3) is 3.87. The number of rotatable bonds is 6. The lowest BCUT2D eigenvalue weighted by Gasteiger charge is -2.20. The quantitative estimate of drug-likeness (QED) is 0.846. The van der Waals surface area contributed by atoms with E-state index in [0.29, 0.717) is 22.8 Å². The SMILES string of the molecule is CCC(C)C(NC(=O)c1ccc(Cl)c(OC)c1)C(=O)O. The van der Waals surface area contributed by atoms with E-state index in [9.17, 15) is 9.59 Å². The lowest BCUT2D eigenvalue weighted by molar-refractivity contribution is -0.140. The van der Waals surface area contributed by atoms with Crippen LogP contribution in [0.25, 0.3) is 0 Å². The molecule has 5 nitrogen and oxygen atoms in total. The Balaban J connectivity index is 2.92. The zero-order chi connectivity index (χ0) is 15.3. The number of carbonyl (C=O) groups excluding carboxylic acids is 1. The van der Waals surface area contributed by atoms with Gasteiger partial charge in [-0.3, -0.25) is 4.79 Å². The van der Waals surface area contributed by atoms with Gasteiger partial charge in [0.2, 0.25) is 0 Å². The van der Waals surface area contributed by atoms with E-state index in [0.717, 1.165) is 0 Å². The molecule has 6 heteroatoms. The summed E-state index contributed by atoms with van der Waals surface area (Å²) in [4.78, 5) is 23.3. The molecule has 0 bridgehead atoms. The van der Waals surface area contributed by atoms with Crippen LogP contribution in [0.4, 0.5) is 0 Å². The first-order chi connectivity index (χ1) is 9.40. The number of hydrogen-bond donors (Lipinski definition) is 2. The Morgan fingerprint density at radius 2 is 2.10 bits per heavy atom. The highest BCUT2D eigenvalue weighted by Crippen LogP contribution is 2.25. The minimum atomic E-state index is -1.05. The van der Waals surface area contributed by atoms with Gasteiger partial charge in [-0.2, -0.15) is 0 Å². The summed E-state index contributed by atoms with van der Waals surface area (Å²) in [7, 11) is 1.45. The number of amides is 1. The molecule has 0 aliphatic heterocycles. The normalized spacial score (nSPS) is 13.4. The highest BCUT2D eigenvalue weighted by Gasteiger charge is 2.25. The molecular formula is C14H18ClNO4. The number of carbonyl (C=O) groups is 2. The fraction of sp³-hybridized carbons (Fsp3) is 0.429. The Morgan fingerprint density at radius 1 is 1.45 bits per heavy atom. The van der Waals surface area contributed by atoms with Crippen molar-refractivity contribution in [1.29, 1.82) is 0 Å². The average molecular weight is 300 g/mol. The molecule has 110 valence electrons. The Morgan fingerprint density at radius 3 is 2.60 bits per heavy atom. The Labute approximate surface area is 122 Å². The van der Waals surface area contributed by atoms with Crippen LogP contribution in [0, 0.1) is 5.92 Å². The van der Waals surface area contributed by atoms with E-state index in [-0.39, 0.29) is 5.92 Å². The summed E-state index contributed by atoms with van der Waals surface area (Å²) in [5.41, 5.74) is 0.306. The van der Waals surface area contributed by atoms with Crippen LogP contribution in [0.1, 0.15) is 30.6 Å². The van der Waals surface area contributed by atoms with Gasteiger partial charge in [0.1, 0.15) is 11.8 Å². The van der Waals surface area contributed by atoms with Crippen LogP contribution in [0.3, 0.4) is 0 Å². The van der Waals surface area contributed by atoms with Crippen LogP contribution < -0.4 is 10.1 Å². The number of ether oxygens (including phenoxy) is 1. The molecular weight excluding hydrogens is 282 g/mol. The van der Waals surface area contributed by atoms with Gasteiger partial charge in [-0.05, 0) is 24.1 Å². The summed E-state index contributed by atoms with van der Waals surface area (Å²) in [6.45, 7) is 3.65. The van der Waals surface area contributed by atoms with Gasteiger partial charge < -0.3 is 15.2 Å². The molecule has 0 aliphatic rings. The predicted molar refractivity (Wildman–Crippen MR) is 76.3 cm³/mol. The highest BCUT2D eigenvalue weighted by atomic mass is 35.5. The van der Waals surface area contributed by atoms with E-state index in [1.165, 1.54) is 25.3 Å². The van der Waals surface area contributed by atoms with Crippen LogP contribution in [-0.2, 0) is 4.79 Å². The van der Waals surface area contributed by atoms with Gasteiger partial charge in [0.15, 0.2) is 0 Å². The first-order valence-electron chi connectivity index (χ1n) is 6.27. The number of methoxy groups -OCH3 is 1. The van der Waals surface area contributed by atoms with E-state index >= 15 is 0 Å². The van der Waals surface area contributed by atoms with Crippen molar-refractivity contribution >= 4 is 23.5 Å². The summed E-state index contributed by atoms with van der Waals surface area (Å²) < 4.78 is 5.03. The maximum atomic E-state index is 12.1. The molecule has 20 heavy (non-hydrogen) atoms. The maximum absolute atomic E-state index is 12.1. The van der Waals surface area contributed by atoms with Crippen molar-refractivity contribution in [3.05, 3.63) is 28.8 Å². The van der Waals surface area contributed by atoms with Gasteiger partial charge >= 0.3 is 5.97 Å². The molecule has 0 heterocycles. The summed E-state index contributed by atoms with van der Waals surface area (Å²) in [6, 6.07) is 3.62. The zero-order valence-electron chi connectivity index (χ0n) is 11.6. The van der Waals surface area contributed by atoms with Crippen molar-refractivity contribution in [2.75, 3.05) is 7.11 Å². The molecule has 1 amide bonds. The summed E-state index contributed by atoms with van der Waals surface area (Å²) in [5.74, 6) is -1.30. The standard InChI is InChI=1S/C14H18ClNO4/c1-4-8(2)12(14(18)19)16-13(17)9-5-6-10(15)11(7-9)20-3/h5-8,12H,4H2,1-3H3,(H,16,17)(H,18,19). The molecule has 1 aromatic carbocycles. The van der Waals surface area contributed by atoms with E-state index in [2.05, 4.69) is 5.32 Å². The highest BCUT2D eigenvalue weighted by molar-refractivity contribution is 6.32. The molecule has 0 aromatic heterocycles. The fourth-order valence-electron chi connectivity index (χ4n) is 1.71. The second-order valence-electron chi connectivity index (χ2n) is 4.52. The largest absolute Gasteiger partial charge is 0.495 e. The molecule has 0 radical (unpaired) electrons. The van der Waals surface area contributed by atoms with Gasteiger partial charge in [0.05, 0.1) is 12.1 Å². The van der Waals surface area contributed by atoms with Crippen LogP contribution in [-0.4, -0.2) is 30.1 Å². The number of nitrogens with one attached hydrogen (secondary N) is 1. The number of hydrogen-bond acceptors (Lipinski definition) is 3. The van der Waals surface area contributed by atoms with Crippen molar-refractivity contribution < 1.29 is 19.4 Å². The third-order valence-corrected chi connectivity index (χ3v) is 3.49. The molecule has 0 fully saturated rings. The molecule has 0 saturated heterocycles. The smallest absolute Gasteiger partial charge is 0.326 e. The van der Waals surface area contributed by atoms with Crippen LogP contribution in [0.2, 0.25) is 5.02 Å². The number of aliphatic carboxylic acids is 1. The third-order valence-electron chi connectivity index (χ3n) is 3.18. The number of benzene rings is 1. The van der Waals surface area contributed by atoms with Gasteiger partial charge in [-0.25, -0.2) is 4.79 Å². The van der Waals surface area contributed by atoms with Crippen molar-refractivity contribution in [2.24, 2.45) is 5.92 Å². The first kappa shape index (κ1) is 16.3. The van der Waals surface area contributed by atoms with E-state index < -0.39 is 17.9 Å². The topological polar surface area (TPSA) is 75.6 Å². The second-order valence-corrected chi connectivity index (χ2v) is 4.93. The molecule has 1 rings (SSSR count). The van der Waals surface area contributed by atoms with Crippen molar-refractivity contribution in [1.82, 2.24) is 5.32 Å². The van der Waals surface area contributed by atoms with E-state index in [4.69, 9.17) is 21.4 Å². The molecule has 2 unspecified atom stereocenters. The van der Waals surface area contributed by atoms with E-state index in [1.807, 2.05) is 6.92 Å². The lowest BCUT2D eigenvalue weighted by Crippen LogP contribution is -2.45. The molecule has 1 aromatic rings. The Bertz CT molecular complexity index is 504. The lowest BCUT2D eigenvalue weighted by atomic mass is 9.99. The Kier molecular flexibility index (Phi) is 5.82. The number of carboxylic acid groups (broad SMARTS) is 1. The minimum absolute atomic E-state index is 0.161. The van der Waals surface area contributed by atoms with Gasteiger partial charge in [0.25, 0.3) is 5.91 Å². The summed E-state index contributed by atoms with van der Waals surface area (Å²) >= 11 is 5.88. The van der Waals surface area contributed by atoms with Gasteiger partial charge in [-0.15, -0.1) is 0 Å². The van der Waals surface area contributed by atoms with E-state index in [1.54, 1.807) is 6.92 Å². The van der Waals surface area contributed by atoms with Gasteiger partial charge in [-0.1, -0.05) is 31.9 Å². The monoisotopic (exact) mass is 299 g/mol. The molecule has 2 atom stereocenters. The fourth-order valence-corrected chi connectivity index (χ4v) is 1.90. The second kappa shape index (κ2) is 7.14. The number of halogens is 1. The summed E-state index contributed by atoms with van der Waals surface area (Å²) in [6.07, 6.45) is 0.654. The first-order valence-corrected chi connectivity index (χ1v) is 6.65. The van der Waals surface area contributed by atoms with Crippen LogP contribution >= 0.6 is 11.6 Å². The number of carboxylic acids is 1.